The van der Waals surface area contributed by atoms with Crippen LogP contribution < -0.4 is 15.6 Å². The van der Waals surface area contributed by atoms with E-state index in [4.69, 9.17) is 4.74 Å². The molecule has 0 aliphatic carbocycles. The largest absolute Gasteiger partial charge is 0.483 e. The number of nitrogens with one attached hydrogen (secondary N) is 2. The van der Waals surface area contributed by atoms with E-state index in [2.05, 4.69) is 10.9 Å². The van der Waals surface area contributed by atoms with Crippen molar-refractivity contribution >= 4 is 23.6 Å². The molecule has 1 heterocycles. The Hall–Kier alpha value is -3.68. The van der Waals surface area contributed by atoms with Gasteiger partial charge in [-0.15, -0.1) is 0 Å². The minimum atomic E-state index is -0.688. The van der Waals surface area contributed by atoms with E-state index in [1.165, 1.54) is 0 Å². The molecule has 150 valence electrons. The van der Waals surface area contributed by atoms with Crippen molar-refractivity contribution in [3.05, 3.63) is 64.7 Å². The number of ether oxygens (including phenoxy) is 1. The van der Waals surface area contributed by atoms with Gasteiger partial charge in [0, 0.05) is 5.56 Å². The van der Waals surface area contributed by atoms with Gasteiger partial charge in [0.1, 0.15) is 12.3 Å². The Bertz CT molecular complexity index is 966. The van der Waals surface area contributed by atoms with Crippen molar-refractivity contribution in [2.75, 3.05) is 13.2 Å². The standard InChI is InChI=1S/C21H21N3O5/c1-13-6-5-7-14(2)20(13)29-12-18(26)23-22-17(25)11-24-19(27)10-15-8-3-4-9-16(15)21(24)28/h3-9H,10-12H2,1-2H3,(H,22,25)(H,23,26). The average Bonchev–Trinajstić information content (AvgIpc) is 2.69. The first-order valence-corrected chi connectivity index (χ1v) is 9.06. The molecule has 29 heavy (non-hydrogen) atoms. The van der Waals surface area contributed by atoms with Crippen molar-refractivity contribution in [1.29, 1.82) is 0 Å². The van der Waals surface area contributed by atoms with Crippen molar-refractivity contribution in [2.24, 2.45) is 0 Å². The SMILES string of the molecule is Cc1cccc(C)c1OCC(=O)NNC(=O)CN1C(=O)Cc2ccccc2C1=O. The van der Waals surface area contributed by atoms with E-state index in [0.717, 1.165) is 16.0 Å². The van der Waals surface area contributed by atoms with Crippen molar-refractivity contribution < 1.29 is 23.9 Å². The van der Waals surface area contributed by atoms with Crippen LogP contribution in [-0.4, -0.2) is 41.7 Å². The highest BCUT2D eigenvalue weighted by Gasteiger charge is 2.31. The number of nitrogens with zero attached hydrogens (tertiary/aromatic N) is 1. The number of hydrogen-bond donors (Lipinski definition) is 2. The van der Waals surface area contributed by atoms with Crippen molar-refractivity contribution in [3.63, 3.8) is 0 Å². The predicted molar refractivity (Wildman–Crippen MR) is 104 cm³/mol. The highest BCUT2D eigenvalue weighted by atomic mass is 16.5. The number of imide groups is 1. The van der Waals surface area contributed by atoms with E-state index in [9.17, 15) is 19.2 Å². The average molecular weight is 395 g/mol. The van der Waals surface area contributed by atoms with E-state index >= 15 is 0 Å². The molecule has 0 saturated heterocycles. The molecule has 3 rings (SSSR count). The van der Waals surface area contributed by atoms with Crippen LogP contribution >= 0.6 is 0 Å². The zero-order valence-electron chi connectivity index (χ0n) is 16.2. The number of carbonyl (C=O) groups excluding carboxylic acids is 4. The third kappa shape index (κ3) is 4.60. The molecule has 8 nitrogen and oxygen atoms in total. The van der Waals surface area contributed by atoms with Crippen LogP contribution in [0, 0.1) is 13.8 Å². The molecule has 0 aromatic heterocycles. The summed E-state index contributed by atoms with van der Waals surface area (Å²) in [5.74, 6) is -1.64. The lowest BCUT2D eigenvalue weighted by atomic mass is 9.98. The van der Waals surface area contributed by atoms with Crippen molar-refractivity contribution in [1.82, 2.24) is 15.8 Å². The first-order chi connectivity index (χ1) is 13.9. The van der Waals surface area contributed by atoms with Crippen LogP contribution in [-0.2, 0) is 20.8 Å². The Balaban J connectivity index is 1.50. The number of carbonyl (C=O) groups is 4. The summed E-state index contributed by atoms with van der Waals surface area (Å²) in [4.78, 5) is 49.5. The molecular weight excluding hydrogens is 374 g/mol. The third-order valence-electron chi connectivity index (χ3n) is 4.54. The van der Waals surface area contributed by atoms with E-state index in [-0.39, 0.29) is 13.0 Å². The summed E-state index contributed by atoms with van der Waals surface area (Å²) in [6, 6.07) is 12.4. The van der Waals surface area contributed by atoms with E-state index in [0.29, 0.717) is 16.9 Å². The number of amides is 4. The molecule has 1 aliphatic heterocycles. The molecule has 0 bridgehead atoms. The van der Waals surface area contributed by atoms with Crippen molar-refractivity contribution in [3.8, 4) is 5.75 Å². The highest BCUT2D eigenvalue weighted by Crippen LogP contribution is 2.22. The summed E-state index contributed by atoms with van der Waals surface area (Å²) in [7, 11) is 0. The van der Waals surface area contributed by atoms with Gasteiger partial charge in [0.05, 0.1) is 6.42 Å². The molecule has 8 heteroatoms. The molecule has 0 fully saturated rings. The molecule has 4 amide bonds. The summed E-state index contributed by atoms with van der Waals surface area (Å²) in [6.07, 6.45) is 0.0468. The van der Waals surface area contributed by atoms with Gasteiger partial charge in [-0.1, -0.05) is 36.4 Å². The van der Waals surface area contributed by atoms with Crippen LogP contribution in [0.25, 0.3) is 0 Å². The minimum Gasteiger partial charge on any atom is -0.483 e. The number of para-hydroxylation sites is 1. The molecule has 1 aliphatic rings. The van der Waals surface area contributed by atoms with Crippen LogP contribution in [0.5, 0.6) is 5.75 Å². The fraction of sp³-hybridized carbons (Fsp3) is 0.238. The highest BCUT2D eigenvalue weighted by molar-refractivity contribution is 6.11. The van der Waals surface area contributed by atoms with Crippen LogP contribution in [0.3, 0.4) is 0 Å². The smallest absolute Gasteiger partial charge is 0.276 e. The van der Waals surface area contributed by atoms with Crippen LogP contribution in [0.2, 0.25) is 0 Å². The molecule has 0 atom stereocenters. The maximum absolute atomic E-state index is 12.4. The van der Waals surface area contributed by atoms with Gasteiger partial charge in [-0.25, -0.2) is 0 Å². The minimum absolute atomic E-state index is 0.0468. The van der Waals surface area contributed by atoms with Gasteiger partial charge in [-0.05, 0) is 36.6 Å². The lowest BCUT2D eigenvalue weighted by Crippen LogP contribution is -2.51. The molecular formula is C21H21N3O5. The van der Waals surface area contributed by atoms with E-state index < -0.39 is 30.2 Å². The zero-order chi connectivity index (χ0) is 21.0. The first-order valence-electron chi connectivity index (χ1n) is 9.06. The molecule has 2 aromatic rings. The normalized spacial score (nSPS) is 13.0. The summed E-state index contributed by atoms with van der Waals surface area (Å²) in [5.41, 5.74) is 7.23. The van der Waals surface area contributed by atoms with Gasteiger partial charge < -0.3 is 4.74 Å². The Morgan fingerprint density at radius 3 is 2.34 bits per heavy atom. The van der Waals surface area contributed by atoms with Gasteiger partial charge in [0.25, 0.3) is 17.7 Å². The monoisotopic (exact) mass is 395 g/mol. The fourth-order valence-corrected chi connectivity index (χ4v) is 3.08. The zero-order valence-corrected chi connectivity index (χ0v) is 16.2. The molecule has 0 saturated carbocycles. The third-order valence-corrected chi connectivity index (χ3v) is 4.54. The van der Waals surface area contributed by atoms with Gasteiger partial charge in [0.2, 0.25) is 5.91 Å². The molecule has 2 N–H and O–H groups in total. The Morgan fingerprint density at radius 1 is 0.966 bits per heavy atom. The summed E-state index contributed by atoms with van der Waals surface area (Å²) < 4.78 is 5.50. The second-order valence-corrected chi connectivity index (χ2v) is 6.72. The van der Waals surface area contributed by atoms with Gasteiger partial charge in [-0.3, -0.25) is 34.9 Å². The van der Waals surface area contributed by atoms with Gasteiger partial charge >= 0.3 is 0 Å². The quantitative estimate of drug-likeness (QED) is 0.582. The Morgan fingerprint density at radius 2 is 1.62 bits per heavy atom. The molecule has 0 unspecified atom stereocenters. The number of aryl methyl sites for hydroxylation is 2. The summed E-state index contributed by atoms with van der Waals surface area (Å²) >= 11 is 0. The number of benzene rings is 2. The Kier molecular flexibility index (Phi) is 5.92. The Labute approximate surface area is 167 Å². The second-order valence-electron chi connectivity index (χ2n) is 6.72. The van der Waals surface area contributed by atoms with E-state index in [1.807, 2.05) is 32.0 Å². The topological polar surface area (TPSA) is 105 Å². The molecule has 0 spiro atoms. The number of rotatable bonds is 5. The lowest BCUT2D eigenvalue weighted by molar-refractivity contribution is -0.135. The predicted octanol–water partition coefficient (Wildman–Crippen LogP) is 1.05. The fourth-order valence-electron chi connectivity index (χ4n) is 3.08. The summed E-state index contributed by atoms with van der Waals surface area (Å²) in [5, 5.41) is 0. The van der Waals surface area contributed by atoms with Crippen LogP contribution in [0.1, 0.15) is 27.0 Å². The van der Waals surface area contributed by atoms with E-state index in [1.54, 1.807) is 24.3 Å². The maximum Gasteiger partial charge on any atom is 0.276 e. The van der Waals surface area contributed by atoms with Gasteiger partial charge in [0.15, 0.2) is 6.61 Å². The first kappa shape index (κ1) is 20.1. The lowest BCUT2D eigenvalue weighted by Gasteiger charge is -2.26. The number of hydrazine groups is 1. The van der Waals surface area contributed by atoms with Crippen LogP contribution in [0.4, 0.5) is 0 Å². The maximum atomic E-state index is 12.4. The number of hydrogen-bond acceptors (Lipinski definition) is 5. The van der Waals surface area contributed by atoms with Gasteiger partial charge in [-0.2, -0.15) is 0 Å². The number of fused-ring (bicyclic) bond motifs is 1. The second kappa shape index (κ2) is 8.55. The van der Waals surface area contributed by atoms with Crippen molar-refractivity contribution in [2.45, 2.75) is 20.3 Å². The van der Waals surface area contributed by atoms with Crippen LogP contribution in [0.15, 0.2) is 42.5 Å². The summed E-state index contributed by atoms with van der Waals surface area (Å²) in [6.45, 7) is 2.96. The molecule has 2 aromatic carbocycles. The molecule has 0 radical (unpaired) electrons.